The van der Waals surface area contributed by atoms with Gasteiger partial charge >= 0.3 is 0 Å². The molecule has 2 nitrogen and oxygen atoms in total. The van der Waals surface area contributed by atoms with E-state index in [0.717, 1.165) is 37.2 Å². The lowest BCUT2D eigenvalue weighted by molar-refractivity contribution is 0.106. The molecule has 1 aromatic rings. The van der Waals surface area contributed by atoms with Gasteiger partial charge in [0.1, 0.15) is 17.7 Å². The fourth-order valence-corrected chi connectivity index (χ4v) is 2.85. The summed E-state index contributed by atoms with van der Waals surface area (Å²) in [6, 6.07) is 4.83. The lowest BCUT2D eigenvalue weighted by atomic mass is 9.74. The molecule has 2 rings (SSSR count). The molecule has 112 valence electrons. The van der Waals surface area contributed by atoms with Crippen molar-refractivity contribution in [1.29, 1.82) is 0 Å². The van der Waals surface area contributed by atoms with Crippen molar-refractivity contribution in [2.45, 2.75) is 46.6 Å². The maximum absolute atomic E-state index is 13.3. The second-order valence-corrected chi connectivity index (χ2v) is 6.49. The molecule has 0 spiro atoms. The SMILES string of the molecule is CCNCC(C)(CC1Cc2cc(F)ccc2O1)C(C)C. The molecule has 2 unspecified atom stereocenters. The fraction of sp³-hybridized carbons (Fsp3) is 0.647. The van der Waals surface area contributed by atoms with Crippen LogP contribution in [0.4, 0.5) is 4.39 Å². The first-order valence-corrected chi connectivity index (χ1v) is 7.60. The second-order valence-electron chi connectivity index (χ2n) is 6.49. The Labute approximate surface area is 121 Å². The molecule has 0 aromatic heterocycles. The van der Waals surface area contributed by atoms with Gasteiger partial charge in [0.2, 0.25) is 0 Å². The molecule has 0 aliphatic carbocycles. The van der Waals surface area contributed by atoms with E-state index >= 15 is 0 Å². The van der Waals surface area contributed by atoms with Crippen LogP contribution in [0.3, 0.4) is 0 Å². The van der Waals surface area contributed by atoms with Gasteiger partial charge in [-0.15, -0.1) is 0 Å². The van der Waals surface area contributed by atoms with Crippen molar-refractivity contribution in [3.05, 3.63) is 29.6 Å². The average Bonchev–Trinajstić information content (AvgIpc) is 2.77. The Morgan fingerprint density at radius 2 is 2.20 bits per heavy atom. The van der Waals surface area contributed by atoms with Gasteiger partial charge in [-0.3, -0.25) is 0 Å². The van der Waals surface area contributed by atoms with Gasteiger partial charge in [0.05, 0.1) is 0 Å². The first kappa shape index (κ1) is 15.3. The highest BCUT2D eigenvalue weighted by molar-refractivity contribution is 5.37. The van der Waals surface area contributed by atoms with E-state index in [1.165, 1.54) is 6.07 Å². The molecule has 1 aliphatic rings. The number of hydrogen-bond acceptors (Lipinski definition) is 2. The van der Waals surface area contributed by atoms with Crippen LogP contribution in [0.25, 0.3) is 0 Å². The Kier molecular flexibility index (Phi) is 4.69. The minimum Gasteiger partial charge on any atom is -0.490 e. The van der Waals surface area contributed by atoms with E-state index in [2.05, 4.69) is 33.0 Å². The number of fused-ring (bicyclic) bond motifs is 1. The van der Waals surface area contributed by atoms with Gasteiger partial charge in [-0.05, 0) is 42.5 Å². The molecule has 3 heteroatoms. The minimum absolute atomic E-state index is 0.165. The predicted molar refractivity (Wildman–Crippen MR) is 80.6 cm³/mol. The van der Waals surface area contributed by atoms with Crippen molar-refractivity contribution >= 4 is 0 Å². The number of hydrogen-bond donors (Lipinski definition) is 1. The Morgan fingerprint density at radius 1 is 1.45 bits per heavy atom. The van der Waals surface area contributed by atoms with E-state index in [9.17, 15) is 4.39 Å². The van der Waals surface area contributed by atoms with Crippen LogP contribution in [0.2, 0.25) is 0 Å². The van der Waals surface area contributed by atoms with Crippen LogP contribution in [0.15, 0.2) is 18.2 Å². The van der Waals surface area contributed by atoms with Crippen molar-refractivity contribution in [2.75, 3.05) is 13.1 Å². The number of halogens is 1. The normalized spacial score (nSPS) is 20.6. The number of rotatable bonds is 6. The van der Waals surface area contributed by atoms with Gasteiger partial charge in [-0.25, -0.2) is 4.39 Å². The second kappa shape index (κ2) is 6.13. The summed E-state index contributed by atoms with van der Waals surface area (Å²) in [6.07, 6.45) is 1.98. The third-order valence-corrected chi connectivity index (χ3v) is 4.63. The molecule has 0 saturated heterocycles. The quantitative estimate of drug-likeness (QED) is 0.855. The summed E-state index contributed by atoms with van der Waals surface area (Å²) in [5.41, 5.74) is 1.20. The van der Waals surface area contributed by atoms with Crippen molar-refractivity contribution in [3.8, 4) is 5.75 Å². The molecule has 1 aliphatic heterocycles. The molecule has 0 bridgehead atoms. The Balaban J connectivity index is 2.03. The van der Waals surface area contributed by atoms with Crippen molar-refractivity contribution in [1.82, 2.24) is 5.32 Å². The van der Waals surface area contributed by atoms with E-state index in [1.54, 1.807) is 12.1 Å². The summed E-state index contributed by atoms with van der Waals surface area (Å²) < 4.78 is 19.2. The van der Waals surface area contributed by atoms with E-state index < -0.39 is 0 Å². The van der Waals surface area contributed by atoms with Crippen molar-refractivity contribution < 1.29 is 9.13 Å². The molecule has 1 N–H and O–H groups in total. The highest BCUT2D eigenvalue weighted by Crippen LogP contribution is 2.38. The largest absolute Gasteiger partial charge is 0.490 e. The van der Waals surface area contributed by atoms with Gasteiger partial charge in [0.25, 0.3) is 0 Å². The Hall–Kier alpha value is -1.09. The third kappa shape index (κ3) is 3.32. The van der Waals surface area contributed by atoms with Gasteiger partial charge in [-0.2, -0.15) is 0 Å². The van der Waals surface area contributed by atoms with Crippen LogP contribution in [-0.4, -0.2) is 19.2 Å². The third-order valence-electron chi connectivity index (χ3n) is 4.63. The maximum Gasteiger partial charge on any atom is 0.123 e. The van der Waals surface area contributed by atoms with Crippen LogP contribution in [-0.2, 0) is 6.42 Å². The summed E-state index contributed by atoms with van der Waals surface area (Å²) in [5.74, 6) is 1.25. The summed E-state index contributed by atoms with van der Waals surface area (Å²) >= 11 is 0. The zero-order valence-electron chi connectivity index (χ0n) is 13.0. The van der Waals surface area contributed by atoms with E-state index in [1.807, 2.05) is 0 Å². The first-order chi connectivity index (χ1) is 9.44. The molecular formula is C17H26FNO. The maximum atomic E-state index is 13.3. The molecule has 1 heterocycles. The molecule has 0 fully saturated rings. The average molecular weight is 279 g/mol. The van der Waals surface area contributed by atoms with Crippen LogP contribution in [0.5, 0.6) is 5.75 Å². The molecule has 2 atom stereocenters. The van der Waals surface area contributed by atoms with Crippen molar-refractivity contribution in [2.24, 2.45) is 11.3 Å². The minimum atomic E-state index is -0.174. The van der Waals surface area contributed by atoms with Crippen LogP contribution >= 0.6 is 0 Å². The summed E-state index contributed by atoms with van der Waals surface area (Å²) in [6.45, 7) is 10.9. The standard InChI is InChI=1S/C17H26FNO/c1-5-19-11-17(4,12(2)3)10-15-9-13-8-14(18)6-7-16(13)20-15/h6-8,12,15,19H,5,9-11H2,1-4H3. The number of nitrogens with one attached hydrogen (secondary N) is 1. The van der Waals surface area contributed by atoms with Gasteiger partial charge in [0.15, 0.2) is 0 Å². The highest BCUT2D eigenvalue weighted by atomic mass is 19.1. The molecule has 20 heavy (non-hydrogen) atoms. The summed E-state index contributed by atoms with van der Waals surface area (Å²) in [4.78, 5) is 0. The van der Waals surface area contributed by atoms with E-state index in [-0.39, 0.29) is 17.3 Å². The van der Waals surface area contributed by atoms with E-state index in [4.69, 9.17) is 4.74 Å². The topological polar surface area (TPSA) is 21.3 Å². The highest BCUT2D eigenvalue weighted by Gasteiger charge is 2.34. The predicted octanol–water partition coefficient (Wildman–Crippen LogP) is 3.79. The van der Waals surface area contributed by atoms with Gasteiger partial charge in [-0.1, -0.05) is 27.7 Å². The van der Waals surface area contributed by atoms with Gasteiger partial charge in [0, 0.05) is 18.5 Å². The van der Waals surface area contributed by atoms with Crippen molar-refractivity contribution in [3.63, 3.8) is 0 Å². The van der Waals surface area contributed by atoms with Crippen LogP contribution in [0.1, 0.15) is 39.7 Å². The smallest absolute Gasteiger partial charge is 0.123 e. The Morgan fingerprint density at radius 3 is 2.85 bits per heavy atom. The zero-order valence-corrected chi connectivity index (χ0v) is 13.0. The first-order valence-electron chi connectivity index (χ1n) is 7.60. The van der Waals surface area contributed by atoms with E-state index in [0.29, 0.717) is 5.92 Å². The molecule has 0 amide bonds. The fourth-order valence-electron chi connectivity index (χ4n) is 2.85. The molecule has 0 radical (unpaired) electrons. The zero-order chi connectivity index (χ0) is 14.8. The summed E-state index contributed by atoms with van der Waals surface area (Å²) in [7, 11) is 0. The number of ether oxygens (including phenoxy) is 1. The lowest BCUT2D eigenvalue weighted by Crippen LogP contribution is -2.39. The van der Waals surface area contributed by atoms with Crippen LogP contribution < -0.4 is 10.1 Å². The Bertz CT molecular complexity index is 460. The molecular weight excluding hydrogens is 253 g/mol. The van der Waals surface area contributed by atoms with Crippen LogP contribution in [0, 0.1) is 17.2 Å². The van der Waals surface area contributed by atoms with Gasteiger partial charge < -0.3 is 10.1 Å². The number of benzene rings is 1. The monoisotopic (exact) mass is 279 g/mol. The summed E-state index contributed by atoms with van der Waals surface area (Å²) in [5, 5.41) is 3.46. The molecule has 1 aromatic carbocycles. The lowest BCUT2D eigenvalue weighted by Gasteiger charge is -2.36. The molecule has 0 saturated carbocycles.